The molecule has 2 N–H and O–H groups in total. The van der Waals surface area contributed by atoms with Crippen molar-refractivity contribution in [1.29, 1.82) is 0 Å². The van der Waals surface area contributed by atoms with Gasteiger partial charge in [0.25, 0.3) is 0 Å². The summed E-state index contributed by atoms with van der Waals surface area (Å²) in [6.07, 6.45) is 0.185. The van der Waals surface area contributed by atoms with Crippen LogP contribution < -0.4 is 5.73 Å². The van der Waals surface area contributed by atoms with Gasteiger partial charge in [0.15, 0.2) is 0 Å². The molecule has 2 atom stereocenters. The standard InChI is InChI=1S/C14H18F3NS/c1-9-3-2-4-10(7-9)19-11-5-6-13(18)12(8-11)14(15,16)17/h5-6,8-10H,2-4,7,18H2,1H3. The molecular weight excluding hydrogens is 271 g/mol. The maximum absolute atomic E-state index is 12.8. The van der Waals surface area contributed by atoms with Crippen molar-refractivity contribution in [1.82, 2.24) is 0 Å². The van der Waals surface area contributed by atoms with E-state index in [-0.39, 0.29) is 5.69 Å². The van der Waals surface area contributed by atoms with Crippen molar-refractivity contribution in [2.75, 3.05) is 5.73 Å². The molecule has 0 aromatic heterocycles. The summed E-state index contributed by atoms with van der Waals surface area (Å²) in [6.45, 7) is 2.21. The highest BCUT2D eigenvalue weighted by molar-refractivity contribution is 8.00. The predicted molar refractivity (Wildman–Crippen MR) is 73.1 cm³/mol. The summed E-state index contributed by atoms with van der Waals surface area (Å²) < 4.78 is 38.3. The van der Waals surface area contributed by atoms with Gasteiger partial charge in [0.05, 0.1) is 5.56 Å². The Morgan fingerprint density at radius 3 is 2.63 bits per heavy atom. The smallest absolute Gasteiger partial charge is 0.398 e. The van der Waals surface area contributed by atoms with Gasteiger partial charge in [-0.2, -0.15) is 13.2 Å². The van der Waals surface area contributed by atoms with E-state index in [0.29, 0.717) is 16.1 Å². The van der Waals surface area contributed by atoms with Gasteiger partial charge in [0.1, 0.15) is 0 Å². The number of nitrogens with two attached hydrogens (primary N) is 1. The molecule has 1 aromatic rings. The van der Waals surface area contributed by atoms with E-state index in [2.05, 4.69) is 6.92 Å². The fourth-order valence-electron chi connectivity index (χ4n) is 2.53. The number of rotatable bonds is 2. The number of benzene rings is 1. The van der Waals surface area contributed by atoms with Crippen molar-refractivity contribution in [2.45, 2.75) is 48.9 Å². The van der Waals surface area contributed by atoms with Crippen LogP contribution in [-0.4, -0.2) is 5.25 Å². The van der Waals surface area contributed by atoms with Crippen LogP contribution in [0.5, 0.6) is 0 Å². The molecule has 0 heterocycles. The van der Waals surface area contributed by atoms with Gasteiger partial charge in [-0.15, -0.1) is 11.8 Å². The van der Waals surface area contributed by atoms with E-state index in [9.17, 15) is 13.2 Å². The zero-order valence-corrected chi connectivity index (χ0v) is 11.7. The zero-order chi connectivity index (χ0) is 14.0. The number of nitrogen functional groups attached to an aromatic ring is 1. The number of hydrogen-bond acceptors (Lipinski definition) is 2. The molecule has 0 spiro atoms. The van der Waals surface area contributed by atoms with Crippen molar-refractivity contribution in [2.24, 2.45) is 5.92 Å². The lowest BCUT2D eigenvalue weighted by atomic mass is 9.91. The highest BCUT2D eigenvalue weighted by atomic mass is 32.2. The van der Waals surface area contributed by atoms with Gasteiger partial charge in [-0.25, -0.2) is 0 Å². The maximum Gasteiger partial charge on any atom is 0.418 e. The summed E-state index contributed by atoms with van der Waals surface area (Å²) in [5, 5.41) is 0.424. The minimum atomic E-state index is -4.37. The minimum Gasteiger partial charge on any atom is -0.398 e. The molecule has 0 saturated heterocycles. The van der Waals surface area contributed by atoms with Crippen LogP contribution in [0.25, 0.3) is 0 Å². The molecule has 0 bridgehead atoms. The molecule has 1 saturated carbocycles. The van der Waals surface area contributed by atoms with Gasteiger partial charge in [-0.05, 0) is 37.0 Å². The first-order valence-corrected chi connectivity index (χ1v) is 7.37. The van der Waals surface area contributed by atoms with Gasteiger partial charge < -0.3 is 5.73 Å². The average molecular weight is 289 g/mol. The number of anilines is 1. The number of thioether (sulfide) groups is 1. The van der Waals surface area contributed by atoms with Crippen molar-refractivity contribution in [3.8, 4) is 0 Å². The fourth-order valence-corrected chi connectivity index (χ4v) is 3.96. The normalized spacial score (nSPS) is 24.4. The molecule has 1 nitrogen and oxygen atoms in total. The molecule has 1 aromatic carbocycles. The van der Waals surface area contributed by atoms with Gasteiger partial charge in [-0.3, -0.25) is 0 Å². The summed E-state index contributed by atoms with van der Waals surface area (Å²) in [5.41, 5.74) is 4.48. The van der Waals surface area contributed by atoms with Crippen molar-refractivity contribution in [3.63, 3.8) is 0 Å². The van der Waals surface area contributed by atoms with Crippen molar-refractivity contribution < 1.29 is 13.2 Å². The molecule has 19 heavy (non-hydrogen) atoms. The highest BCUT2D eigenvalue weighted by Crippen LogP contribution is 2.40. The third-order valence-corrected chi connectivity index (χ3v) is 4.81. The Morgan fingerprint density at radius 2 is 2.00 bits per heavy atom. The first kappa shape index (κ1) is 14.6. The predicted octanol–water partition coefficient (Wildman–Crippen LogP) is 4.96. The van der Waals surface area contributed by atoms with Crippen LogP contribution in [0, 0.1) is 5.92 Å². The Balaban J connectivity index is 2.13. The van der Waals surface area contributed by atoms with E-state index in [4.69, 9.17) is 5.73 Å². The Kier molecular flexibility index (Phi) is 4.33. The van der Waals surface area contributed by atoms with Crippen molar-refractivity contribution in [3.05, 3.63) is 23.8 Å². The second kappa shape index (κ2) is 5.65. The third-order valence-electron chi connectivity index (χ3n) is 3.52. The largest absolute Gasteiger partial charge is 0.418 e. The lowest BCUT2D eigenvalue weighted by Gasteiger charge is -2.26. The van der Waals surface area contributed by atoms with Crippen LogP contribution in [0.3, 0.4) is 0 Å². The summed E-state index contributed by atoms with van der Waals surface area (Å²) in [7, 11) is 0. The van der Waals surface area contributed by atoms with Crippen LogP contribution >= 0.6 is 11.8 Å². The second-order valence-electron chi connectivity index (χ2n) is 5.26. The molecule has 5 heteroatoms. The summed E-state index contributed by atoms with van der Waals surface area (Å²) in [6, 6.07) is 4.23. The first-order chi connectivity index (χ1) is 8.86. The molecule has 1 aliphatic rings. The molecule has 1 fully saturated rings. The van der Waals surface area contributed by atoms with Crippen LogP contribution in [0.4, 0.5) is 18.9 Å². The van der Waals surface area contributed by atoms with E-state index >= 15 is 0 Å². The Bertz CT molecular complexity index is 445. The molecule has 0 radical (unpaired) electrons. The Hall–Kier alpha value is -0.840. The van der Waals surface area contributed by atoms with E-state index in [1.54, 1.807) is 17.8 Å². The quantitative estimate of drug-likeness (QED) is 0.779. The molecular formula is C14H18F3NS. The summed E-state index contributed by atoms with van der Waals surface area (Å²) in [5.74, 6) is 0.669. The number of alkyl halides is 3. The summed E-state index contributed by atoms with van der Waals surface area (Å²) >= 11 is 1.55. The number of hydrogen-bond donors (Lipinski definition) is 1. The fraction of sp³-hybridized carbons (Fsp3) is 0.571. The van der Waals surface area contributed by atoms with E-state index in [1.807, 2.05) is 0 Å². The first-order valence-electron chi connectivity index (χ1n) is 6.49. The van der Waals surface area contributed by atoms with Gasteiger partial charge in [0, 0.05) is 15.8 Å². The third kappa shape index (κ3) is 3.81. The molecule has 0 aliphatic heterocycles. The topological polar surface area (TPSA) is 26.0 Å². The zero-order valence-electron chi connectivity index (χ0n) is 10.8. The van der Waals surface area contributed by atoms with E-state index < -0.39 is 11.7 Å². The molecule has 1 aliphatic carbocycles. The van der Waals surface area contributed by atoms with E-state index in [0.717, 1.165) is 12.8 Å². The van der Waals surface area contributed by atoms with Crippen LogP contribution in [0.1, 0.15) is 38.2 Å². The van der Waals surface area contributed by atoms with Gasteiger partial charge in [-0.1, -0.05) is 19.8 Å². The average Bonchev–Trinajstić information content (AvgIpc) is 2.30. The van der Waals surface area contributed by atoms with Gasteiger partial charge in [0.2, 0.25) is 0 Å². The molecule has 106 valence electrons. The molecule has 2 unspecified atom stereocenters. The SMILES string of the molecule is CC1CCCC(Sc2ccc(N)c(C(F)(F)F)c2)C1. The molecule has 2 rings (SSSR count). The number of halogens is 3. The Morgan fingerprint density at radius 1 is 1.26 bits per heavy atom. The van der Waals surface area contributed by atoms with Crippen LogP contribution in [-0.2, 0) is 6.18 Å². The lowest BCUT2D eigenvalue weighted by Crippen LogP contribution is -2.15. The van der Waals surface area contributed by atoms with Gasteiger partial charge >= 0.3 is 6.18 Å². The minimum absolute atomic E-state index is 0.200. The summed E-state index contributed by atoms with van der Waals surface area (Å²) in [4.78, 5) is 0.667. The van der Waals surface area contributed by atoms with Crippen molar-refractivity contribution >= 4 is 17.4 Å². The molecule has 0 amide bonds. The highest BCUT2D eigenvalue weighted by Gasteiger charge is 2.33. The second-order valence-corrected chi connectivity index (χ2v) is 6.63. The van der Waals surface area contributed by atoms with Crippen LogP contribution in [0.15, 0.2) is 23.1 Å². The monoisotopic (exact) mass is 289 g/mol. The van der Waals surface area contributed by atoms with E-state index in [1.165, 1.54) is 25.0 Å². The lowest BCUT2D eigenvalue weighted by molar-refractivity contribution is -0.137. The maximum atomic E-state index is 12.8. The Labute approximate surface area is 115 Å². The van der Waals surface area contributed by atoms with Crippen LogP contribution in [0.2, 0.25) is 0 Å².